The molecule has 0 amide bonds. The summed E-state index contributed by atoms with van der Waals surface area (Å²) in [6, 6.07) is 0.941. The Balaban J connectivity index is 2.15. The van der Waals surface area contributed by atoms with Gasteiger partial charge in [0, 0.05) is 12.6 Å². The smallest absolute Gasteiger partial charge is 0.00934 e. The lowest BCUT2D eigenvalue weighted by molar-refractivity contribution is 0.253. The molecule has 0 radical (unpaired) electrons. The summed E-state index contributed by atoms with van der Waals surface area (Å²) in [5.74, 6) is 0.945. The van der Waals surface area contributed by atoms with Crippen molar-refractivity contribution in [2.24, 2.45) is 5.92 Å². The lowest BCUT2D eigenvalue weighted by Gasteiger charge is -2.22. The van der Waals surface area contributed by atoms with E-state index in [1.54, 1.807) is 0 Å². The van der Waals surface area contributed by atoms with Crippen molar-refractivity contribution >= 4 is 0 Å². The van der Waals surface area contributed by atoms with Crippen molar-refractivity contribution in [1.29, 1.82) is 0 Å². The fourth-order valence-electron chi connectivity index (χ4n) is 1.90. The van der Waals surface area contributed by atoms with Crippen molar-refractivity contribution < 1.29 is 0 Å². The summed E-state index contributed by atoms with van der Waals surface area (Å²) in [5.41, 5.74) is 0. The van der Waals surface area contributed by atoms with E-state index in [-0.39, 0.29) is 0 Å². The van der Waals surface area contributed by atoms with Gasteiger partial charge in [-0.3, -0.25) is 0 Å². The summed E-state index contributed by atoms with van der Waals surface area (Å²) >= 11 is 0. The summed E-state index contributed by atoms with van der Waals surface area (Å²) < 4.78 is 0. The van der Waals surface area contributed by atoms with E-state index in [0.29, 0.717) is 0 Å². The SMILES string of the molecule is CCCC(CC)CN(C)C1CC1. The highest BCUT2D eigenvalue weighted by atomic mass is 15.1. The highest BCUT2D eigenvalue weighted by Gasteiger charge is 2.26. The molecule has 0 aromatic heterocycles. The van der Waals surface area contributed by atoms with Crippen molar-refractivity contribution in [1.82, 2.24) is 4.90 Å². The van der Waals surface area contributed by atoms with Crippen LogP contribution in [0.4, 0.5) is 0 Å². The van der Waals surface area contributed by atoms with Gasteiger partial charge in [0.25, 0.3) is 0 Å². The number of rotatable bonds is 6. The summed E-state index contributed by atoms with van der Waals surface area (Å²) in [6.07, 6.45) is 6.99. The zero-order valence-electron chi connectivity index (χ0n) is 8.84. The van der Waals surface area contributed by atoms with Crippen LogP contribution in [0.2, 0.25) is 0 Å². The Kier molecular flexibility index (Phi) is 4.07. The molecular formula is C11H23N. The molecule has 1 aliphatic carbocycles. The van der Waals surface area contributed by atoms with E-state index in [1.165, 1.54) is 38.6 Å². The molecule has 0 aromatic rings. The molecule has 0 heterocycles. The molecular weight excluding hydrogens is 146 g/mol. The van der Waals surface area contributed by atoms with Gasteiger partial charge in [-0.05, 0) is 32.2 Å². The first-order valence-electron chi connectivity index (χ1n) is 5.48. The monoisotopic (exact) mass is 169 g/mol. The number of nitrogens with zero attached hydrogens (tertiary/aromatic N) is 1. The van der Waals surface area contributed by atoms with Crippen LogP contribution in [0.3, 0.4) is 0 Å². The van der Waals surface area contributed by atoms with Crippen LogP contribution in [-0.2, 0) is 0 Å². The van der Waals surface area contributed by atoms with E-state index in [4.69, 9.17) is 0 Å². The Bertz CT molecular complexity index is 118. The molecule has 1 aliphatic rings. The van der Waals surface area contributed by atoms with E-state index in [1.807, 2.05) is 0 Å². The van der Waals surface area contributed by atoms with Gasteiger partial charge in [0.15, 0.2) is 0 Å². The van der Waals surface area contributed by atoms with E-state index < -0.39 is 0 Å². The molecule has 0 saturated heterocycles. The van der Waals surface area contributed by atoms with Crippen LogP contribution in [0.1, 0.15) is 46.0 Å². The molecule has 1 atom stereocenters. The Morgan fingerprint density at radius 3 is 2.42 bits per heavy atom. The van der Waals surface area contributed by atoms with E-state index in [2.05, 4.69) is 25.8 Å². The van der Waals surface area contributed by atoms with Crippen molar-refractivity contribution in [3.63, 3.8) is 0 Å². The summed E-state index contributed by atoms with van der Waals surface area (Å²) in [6.45, 7) is 5.94. The standard InChI is InChI=1S/C11H23N/c1-4-6-10(5-2)9-12(3)11-7-8-11/h10-11H,4-9H2,1-3H3. The average molecular weight is 169 g/mol. The predicted molar refractivity (Wildman–Crippen MR) is 54.3 cm³/mol. The van der Waals surface area contributed by atoms with Crippen LogP contribution >= 0.6 is 0 Å². The van der Waals surface area contributed by atoms with Crippen molar-refractivity contribution in [3.05, 3.63) is 0 Å². The van der Waals surface area contributed by atoms with Crippen LogP contribution < -0.4 is 0 Å². The Hall–Kier alpha value is -0.0400. The molecule has 1 nitrogen and oxygen atoms in total. The van der Waals surface area contributed by atoms with Crippen LogP contribution in [0, 0.1) is 5.92 Å². The molecule has 1 heteroatoms. The second kappa shape index (κ2) is 4.86. The van der Waals surface area contributed by atoms with Gasteiger partial charge in [0.2, 0.25) is 0 Å². The van der Waals surface area contributed by atoms with E-state index in [9.17, 15) is 0 Å². The van der Waals surface area contributed by atoms with Crippen LogP contribution in [-0.4, -0.2) is 24.5 Å². The van der Waals surface area contributed by atoms with Gasteiger partial charge in [-0.2, -0.15) is 0 Å². The minimum Gasteiger partial charge on any atom is -0.303 e. The molecule has 12 heavy (non-hydrogen) atoms. The second-order valence-electron chi connectivity index (χ2n) is 4.23. The third-order valence-electron chi connectivity index (χ3n) is 2.99. The maximum Gasteiger partial charge on any atom is 0.00934 e. The number of hydrogen-bond acceptors (Lipinski definition) is 1. The molecule has 0 spiro atoms. The molecule has 0 aliphatic heterocycles. The van der Waals surface area contributed by atoms with Crippen molar-refractivity contribution in [2.75, 3.05) is 13.6 Å². The normalized spacial score (nSPS) is 20.0. The van der Waals surface area contributed by atoms with E-state index in [0.717, 1.165) is 12.0 Å². The number of hydrogen-bond donors (Lipinski definition) is 0. The Labute approximate surface area is 77.1 Å². The minimum absolute atomic E-state index is 0.941. The molecule has 72 valence electrons. The van der Waals surface area contributed by atoms with Crippen LogP contribution in [0.5, 0.6) is 0 Å². The quantitative estimate of drug-likeness (QED) is 0.591. The van der Waals surface area contributed by atoms with Gasteiger partial charge in [-0.25, -0.2) is 0 Å². The molecule has 1 saturated carbocycles. The first-order chi connectivity index (χ1) is 5.77. The summed E-state index contributed by atoms with van der Waals surface area (Å²) in [4.78, 5) is 2.56. The van der Waals surface area contributed by atoms with Gasteiger partial charge in [0.1, 0.15) is 0 Å². The molecule has 1 unspecified atom stereocenters. The first kappa shape index (κ1) is 10.0. The van der Waals surface area contributed by atoms with E-state index >= 15 is 0 Å². The lowest BCUT2D eigenvalue weighted by Crippen LogP contribution is -2.27. The summed E-state index contributed by atoms with van der Waals surface area (Å²) in [7, 11) is 2.29. The van der Waals surface area contributed by atoms with Crippen LogP contribution in [0.15, 0.2) is 0 Å². The highest BCUT2D eigenvalue weighted by Crippen LogP contribution is 2.27. The topological polar surface area (TPSA) is 3.24 Å². The predicted octanol–water partition coefficient (Wildman–Crippen LogP) is 2.91. The molecule has 1 fully saturated rings. The lowest BCUT2D eigenvalue weighted by atomic mass is 10.0. The zero-order chi connectivity index (χ0) is 8.97. The minimum atomic E-state index is 0.941. The molecule has 1 rings (SSSR count). The van der Waals surface area contributed by atoms with Gasteiger partial charge in [-0.15, -0.1) is 0 Å². The highest BCUT2D eigenvalue weighted by molar-refractivity contribution is 4.83. The fraction of sp³-hybridized carbons (Fsp3) is 1.00. The van der Waals surface area contributed by atoms with Crippen molar-refractivity contribution in [2.45, 2.75) is 52.0 Å². The Morgan fingerprint density at radius 2 is 2.00 bits per heavy atom. The molecule has 0 bridgehead atoms. The van der Waals surface area contributed by atoms with Crippen molar-refractivity contribution in [3.8, 4) is 0 Å². The maximum atomic E-state index is 2.56. The summed E-state index contributed by atoms with van der Waals surface area (Å²) in [5, 5.41) is 0. The maximum absolute atomic E-state index is 2.56. The largest absolute Gasteiger partial charge is 0.303 e. The molecule has 0 N–H and O–H groups in total. The zero-order valence-corrected chi connectivity index (χ0v) is 8.84. The van der Waals surface area contributed by atoms with Gasteiger partial charge in [0.05, 0.1) is 0 Å². The third-order valence-corrected chi connectivity index (χ3v) is 2.99. The third kappa shape index (κ3) is 3.14. The average Bonchev–Trinajstić information content (AvgIpc) is 2.85. The van der Waals surface area contributed by atoms with Gasteiger partial charge >= 0.3 is 0 Å². The van der Waals surface area contributed by atoms with Gasteiger partial charge < -0.3 is 4.90 Å². The first-order valence-corrected chi connectivity index (χ1v) is 5.48. The second-order valence-corrected chi connectivity index (χ2v) is 4.23. The fourth-order valence-corrected chi connectivity index (χ4v) is 1.90. The Morgan fingerprint density at radius 1 is 1.33 bits per heavy atom. The van der Waals surface area contributed by atoms with Crippen LogP contribution in [0.25, 0.3) is 0 Å². The van der Waals surface area contributed by atoms with Gasteiger partial charge in [-0.1, -0.05) is 26.7 Å². The molecule has 0 aromatic carbocycles.